The molecule has 0 saturated heterocycles. The molecule has 0 aromatic heterocycles. The normalized spacial score (nSPS) is 12.9. The minimum atomic E-state index is -0.153. The Kier molecular flexibility index (Phi) is 18.3. The molecule has 0 aliphatic heterocycles. The Bertz CT molecular complexity index is 476. The minimum absolute atomic E-state index is 0.153. The van der Waals surface area contributed by atoms with E-state index in [0.717, 1.165) is 44.9 Å². The van der Waals surface area contributed by atoms with E-state index in [4.69, 9.17) is 0 Å². The maximum atomic E-state index is 10.9. The number of allylic oxidation sites excluding steroid dienone is 12. The second kappa shape index (κ2) is 20.0. The summed E-state index contributed by atoms with van der Waals surface area (Å²) in [5.74, 6) is -0.153. The third-order valence-corrected chi connectivity index (χ3v) is 3.34. The van der Waals surface area contributed by atoms with Crippen molar-refractivity contribution in [3.63, 3.8) is 0 Å². The SMILES string of the molecule is CC/C=C\C/C=C\C/C=C\C/C=C/C/C=C\C/C=C\CCC(=O)OC. The first kappa shape index (κ1) is 22.9. The van der Waals surface area contributed by atoms with Crippen LogP contribution in [-0.2, 0) is 9.53 Å². The molecule has 2 nitrogen and oxygen atoms in total. The predicted octanol–water partition coefficient (Wildman–Crippen LogP) is 6.64. The topological polar surface area (TPSA) is 26.3 Å². The zero-order valence-corrected chi connectivity index (χ0v) is 15.9. The van der Waals surface area contributed by atoms with Crippen LogP contribution in [0.2, 0.25) is 0 Å². The number of rotatable bonds is 14. The minimum Gasteiger partial charge on any atom is -0.469 e. The lowest BCUT2D eigenvalue weighted by atomic mass is 10.2. The van der Waals surface area contributed by atoms with E-state index in [2.05, 4.69) is 78.5 Å². The lowest BCUT2D eigenvalue weighted by Crippen LogP contribution is -1.97. The molecule has 0 aromatic rings. The maximum Gasteiger partial charge on any atom is 0.305 e. The number of carbonyl (C=O) groups is 1. The lowest BCUT2D eigenvalue weighted by Gasteiger charge is -1.93. The molecule has 2 heteroatoms. The average molecular weight is 343 g/mol. The molecule has 0 atom stereocenters. The molecule has 0 aliphatic rings. The van der Waals surface area contributed by atoms with Crippen LogP contribution in [0.1, 0.15) is 58.3 Å². The van der Waals surface area contributed by atoms with Gasteiger partial charge in [0.15, 0.2) is 0 Å². The van der Waals surface area contributed by atoms with Gasteiger partial charge in [0.2, 0.25) is 0 Å². The van der Waals surface area contributed by atoms with Crippen LogP contribution in [0, 0.1) is 0 Å². The molecule has 0 fully saturated rings. The Morgan fingerprint density at radius 2 is 1.00 bits per heavy atom. The van der Waals surface area contributed by atoms with Crippen molar-refractivity contribution in [2.24, 2.45) is 0 Å². The highest BCUT2D eigenvalue weighted by molar-refractivity contribution is 5.69. The number of hydrogen-bond donors (Lipinski definition) is 0. The fourth-order valence-electron chi connectivity index (χ4n) is 1.94. The van der Waals surface area contributed by atoms with Crippen molar-refractivity contribution in [2.75, 3.05) is 7.11 Å². The second-order valence-electron chi connectivity index (χ2n) is 5.53. The van der Waals surface area contributed by atoms with E-state index < -0.39 is 0 Å². The zero-order chi connectivity index (χ0) is 18.4. The van der Waals surface area contributed by atoms with Crippen molar-refractivity contribution in [2.45, 2.75) is 58.3 Å². The van der Waals surface area contributed by atoms with Gasteiger partial charge in [-0.2, -0.15) is 0 Å². The van der Waals surface area contributed by atoms with Gasteiger partial charge in [0, 0.05) is 6.42 Å². The van der Waals surface area contributed by atoms with Gasteiger partial charge in [-0.3, -0.25) is 4.79 Å². The van der Waals surface area contributed by atoms with Crippen LogP contribution in [0.15, 0.2) is 72.9 Å². The first-order valence-electron chi connectivity index (χ1n) is 9.28. The fourth-order valence-corrected chi connectivity index (χ4v) is 1.94. The van der Waals surface area contributed by atoms with E-state index in [1.165, 1.54) is 7.11 Å². The first-order chi connectivity index (χ1) is 12.3. The van der Waals surface area contributed by atoms with Gasteiger partial charge in [-0.05, 0) is 44.9 Å². The Morgan fingerprint density at radius 3 is 1.36 bits per heavy atom. The van der Waals surface area contributed by atoms with Gasteiger partial charge in [0.1, 0.15) is 0 Å². The van der Waals surface area contributed by atoms with Gasteiger partial charge in [0.25, 0.3) is 0 Å². The van der Waals surface area contributed by atoms with Crippen LogP contribution in [0.5, 0.6) is 0 Å². The molecule has 0 bridgehead atoms. The Balaban J connectivity index is 3.53. The molecule has 0 aliphatic carbocycles. The van der Waals surface area contributed by atoms with Crippen molar-refractivity contribution in [3.05, 3.63) is 72.9 Å². The number of methoxy groups -OCH3 is 1. The number of esters is 1. The molecule has 0 aromatic carbocycles. The van der Waals surface area contributed by atoms with E-state index >= 15 is 0 Å². The van der Waals surface area contributed by atoms with Crippen LogP contribution >= 0.6 is 0 Å². The summed E-state index contributed by atoms with van der Waals surface area (Å²) in [5, 5.41) is 0. The van der Waals surface area contributed by atoms with E-state index in [-0.39, 0.29) is 5.97 Å². The van der Waals surface area contributed by atoms with Crippen molar-refractivity contribution >= 4 is 5.97 Å². The quantitative estimate of drug-likeness (QED) is 0.261. The third kappa shape index (κ3) is 19.9. The number of ether oxygens (including phenoxy) is 1. The highest BCUT2D eigenvalue weighted by Gasteiger charge is 1.94. The second-order valence-corrected chi connectivity index (χ2v) is 5.53. The molecule has 0 unspecified atom stereocenters. The van der Waals surface area contributed by atoms with Crippen LogP contribution in [0.3, 0.4) is 0 Å². The molecule has 0 rings (SSSR count). The maximum absolute atomic E-state index is 10.9. The number of hydrogen-bond acceptors (Lipinski definition) is 2. The highest BCUT2D eigenvalue weighted by Crippen LogP contribution is 1.98. The van der Waals surface area contributed by atoms with Crippen LogP contribution < -0.4 is 0 Å². The molecular weight excluding hydrogens is 308 g/mol. The van der Waals surface area contributed by atoms with Crippen LogP contribution in [0.25, 0.3) is 0 Å². The van der Waals surface area contributed by atoms with Gasteiger partial charge in [0.05, 0.1) is 7.11 Å². The third-order valence-electron chi connectivity index (χ3n) is 3.34. The van der Waals surface area contributed by atoms with E-state index in [0.29, 0.717) is 6.42 Å². The largest absolute Gasteiger partial charge is 0.469 e. The first-order valence-corrected chi connectivity index (χ1v) is 9.28. The molecule has 0 spiro atoms. The van der Waals surface area contributed by atoms with Gasteiger partial charge in [-0.25, -0.2) is 0 Å². The molecule has 0 saturated carbocycles. The highest BCUT2D eigenvalue weighted by atomic mass is 16.5. The summed E-state index contributed by atoms with van der Waals surface area (Å²) in [5.41, 5.74) is 0. The average Bonchev–Trinajstić information content (AvgIpc) is 2.63. The predicted molar refractivity (Wildman–Crippen MR) is 109 cm³/mol. The summed E-state index contributed by atoms with van der Waals surface area (Å²) in [6, 6.07) is 0. The van der Waals surface area contributed by atoms with E-state index in [1.807, 2.05) is 6.08 Å². The van der Waals surface area contributed by atoms with E-state index in [9.17, 15) is 4.79 Å². The number of carbonyl (C=O) groups excluding carboxylic acids is 1. The summed E-state index contributed by atoms with van der Waals surface area (Å²) in [6.07, 6.45) is 33.3. The summed E-state index contributed by atoms with van der Waals surface area (Å²) in [4.78, 5) is 10.9. The fraction of sp³-hybridized carbons (Fsp3) is 0.435. The molecule has 25 heavy (non-hydrogen) atoms. The summed E-state index contributed by atoms with van der Waals surface area (Å²) in [7, 11) is 1.42. The van der Waals surface area contributed by atoms with Crippen molar-refractivity contribution in [1.29, 1.82) is 0 Å². The molecule has 0 amide bonds. The molecule has 138 valence electrons. The molecular formula is C23H34O2. The van der Waals surface area contributed by atoms with Crippen molar-refractivity contribution in [3.8, 4) is 0 Å². The van der Waals surface area contributed by atoms with E-state index in [1.54, 1.807) is 0 Å². The lowest BCUT2D eigenvalue weighted by molar-refractivity contribution is -0.140. The Morgan fingerprint density at radius 1 is 0.640 bits per heavy atom. The van der Waals surface area contributed by atoms with Gasteiger partial charge >= 0.3 is 5.97 Å². The Hall–Kier alpha value is -2.09. The van der Waals surface area contributed by atoms with Gasteiger partial charge in [-0.15, -0.1) is 0 Å². The smallest absolute Gasteiger partial charge is 0.305 e. The molecule has 0 radical (unpaired) electrons. The summed E-state index contributed by atoms with van der Waals surface area (Å²) >= 11 is 0. The van der Waals surface area contributed by atoms with Gasteiger partial charge in [-0.1, -0.05) is 79.8 Å². The zero-order valence-electron chi connectivity index (χ0n) is 15.9. The van der Waals surface area contributed by atoms with Crippen LogP contribution in [0.4, 0.5) is 0 Å². The summed E-state index contributed by atoms with van der Waals surface area (Å²) in [6.45, 7) is 2.15. The molecule has 0 heterocycles. The van der Waals surface area contributed by atoms with Gasteiger partial charge < -0.3 is 4.74 Å². The van der Waals surface area contributed by atoms with Crippen molar-refractivity contribution < 1.29 is 9.53 Å². The monoisotopic (exact) mass is 342 g/mol. The van der Waals surface area contributed by atoms with Crippen LogP contribution in [-0.4, -0.2) is 13.1 Å². The molecule has 0 N–H and O–H groups in total. The standard InChI is InChI=1S/C23H34O2/c1-3-4-5-6-7-8-9-10-11-12-13-14-15-16-17-18-19-20-21-22-23(24)25-2/h4-5,7-8,10-11,13-14,16-17,19-20H,3,6,9,12,15,18,21-22H2,1-2H3/b5-4-,8-7-,11-10-,14-13+,17-16-,20-19-. The van der Waals surface area contributed by atoms with Crippen molar-refractivity contribution in [1.82, 2.24) is 0 Å². The Labute approximate surface area is 154 Å². The summed E-state index contributed by atoms with van der Waals surface area (Å²) < 4.78 is 4.58.